The van der Waals surface area contributed by atoms with E-state index in [0.29, 0.717) is 0 Å². The minimum Gasteiger partial charge on any atom is -0.693 e. The van der Waals surface area contributed by atoms with Crippen LogP contribution in [0.1, 0.15) is 15.9 Å². The molecule has 0 radical (unpaired) electrons. The average molecular weight is 507 g/mol. The molecule has 0 atom stereocenters. The quantitative estimate of drug-likeness (QED) is 0.535. The van der Waals surface area contributed by atoms with Gasteiger partial charge in [-0.15, -0.1) is 11.4 Å². The number of carboxylic acids is 1. The molecule has 130 valence electrons. The fourth-order valence-electron chi connectivity index (χ4n) is 1.64. The van der Waals surface area contributed by atoms with Crippen molar-refractivity contribution in [2.75, 3.05) is 0 Å². The molecule has 0 aliphatic rings. The van der Waals surface area contributed by atoms with E-state index in [1.807, 2.05) is 0 Å². The van der Waals surface area contributed by atoms with Crippen molar-refractivity contribution in [3.05, 3.63) is 77.3 Å². The largest absolute Gasteiger partial charge is 0.693 e. The molecule has 0 unspecified atom stereocenters. The second-order valence-electron chi connectivity index (χ2n) is 3.98. The van der Waals surface area contributed by atoms with Gasteiger partial charge in [0.1, 0.15) is 0 Å². The minimum absolute atomic E-state index is 0. The summed E-state index contributed by atoms with van der Waals surface area (Å²) in [5.74, 6) is -1.18. The number of alkyl halides is 3. The van der Waals surface area contributed by atoms with Crippen LogP contribution in [0.2, 0.25) is 0 Å². The predicted octanol–water partition coefficient (Wildman–Crippen LogP) is 6.17. The Morgan fingerprint density at radius 1 is 1.00 bits per heavy atom. The molecular formula is C14H13F3N3O2Pt-3. The van der Waals surface area contributed by atoms with Crippen molar-refractivity contribution < 1.29 is 44.1 Å². The molecule has 2 aromatic rings. The van der Waals surface area contributed by atoms with Crippen molar-refractivity contribution >= 4 is 17.3 Å². The van der Waals surface area contributed by atoms with Gasteiger partial charge in [0.2, 0.25) is 0 Å². The smallest absolute Gasteiger partial charge is 0.416 e. The van der Waals surface area contributed by atoms with Gasteiger partial charge in [-0.3, -0.25) is 0 Å². The van der Waals surface area contributed by atoms with Crippen LogP contribution in [0.25, 0.3) is 17.6 Å². The second kappa shape index (κ2) is 9.29. The zero-order chi connectivity index (χ0) is 14.8. The molecular weight excluding hydrogens is 494 g/mol. The Morgan fingerprint density at radius 2 is 1.61 bits per heavy atom. The van der Waals surface area contributed by atoms with Gasteiger partial charge in [-0.25, -0.2) is 4.79 Å². The number of para-hydroxylation sites is 1. The number of hydrogen-bond acceptors (Lipinski definition) is 1. The van der Waals surface area contributed by atoms with E-state index in [-0.39, 0.29) is 50.3 Å². The third kappa shape index (κ3) is 6.02. The standard InChI is InChI=1S/C14H9F3NO2.2H2N.Pt/c15-14(16,17)9-4-3-5-10(8-9)18-12-7-2-1-6-11(12)13(19)20;;;/h1-8H,(H,19,20);2*1H2;/q3*-1;. The van der Waals surface area contributed by atoms with E-state index in [9.17, 15) is 18.0 Å². The maximum atomic E-state index is 12.6. The fourth-order valence-corrected chi connectivity index (χ4v) is 1.64. The number of rotatable bonds is 3. The van der Waals surface area contributed by atoms with Crippen LogP contribution < -0.4 is 0 Å². The third-order valence-corrected chi connectivity index (χ3v) is 2.56. The molecule has 0 saturated carbocycles. The van der Waals surface area contributed by atoms with Gasteiger partial charge in [0.15, 0.2) is 0 Å². The van der Waals surface area contributed by atoms with E-state index in [2.05, 4.69) is 5.32 Å². The van der Waals surface area contributed by atoms with Gasteiger partial charge in [-0.05, 0) is 6.07 Å². The summed E-state index contributed by atoms with van der Waals surface area (Å²) in [5.41, 5.74) is -0.732. The van der Waals surface area contributed by atoms with Crippen LogP contribution >= 0.6 is 0 Å². The van der Waals surface area contributed by atoms with E-state index in [4.69, 9.17) is 5.11 Å². The predicted molar refractivity (Wildman–Crippen MR) is 78.1 cm³/mol. The van der Waals surface area contributed by atoms with Crippen LogP contribution in [0.5, 0.6) is 0 Å². The normalized spacial score (nSPS) is 9.70. The van der Waals surface area contributed by atoms with Gasteiger partial charge in [0.05, 0.1) is 5.56 Å². The number of carbonyl (C=O) groups is 1. The molecule has 0 bridgehead atoms. The maximum Gasteiger partial charge on any atom is 0.416 e. The third-order valence-electron chi connectivity index (χ3n) is 2.56. The molecule has 2 rings (SSSR count). The molecule has 9 heteroatoms. The Morgan fingerprint density at radius 3 is 2.17 bits per heavy atom. The minimum atomic E-state index is -4.46. The molecule has 0 aromatic heterocycles. The monoisotopic (exact) mass is 507 g/mol. The molecule has 2 aromatic carbocycles. The van der Waals surface area contributed by atoms with E-state index >= 15 is 0 Å². The van der Waals surface area contributed by atoms with Crippen molar-refractivity contribution in [1.29, 1.82) is 0 Å². The van der Waals surface area contributed by atoms with Gasteiger partial charge in [0.25, 0.3) is 0 Å². The Balaban J connectivity index is 0. The number of nitrogens with two attached hydrogens (primary N) is 2. The summed E-state index contributed by atoms with van der Waals surface area (Å²) in [5, 5.41) is 12.9. The van der Waals surface area contributed by atoms with Crippen LogP contribution in [0.3, 0.4) is 0 Å². The van der Waals surface area contributed by atoms with Crippen molar-refractivity contribution in [2.24, 2.45) is 0 Å². The molecule has 0 heterocycles. The topological polar surface area (TPSA) is 118 Å². The Bertz CT molecular complexity index is 651. The number of halogens is 3. The summed E-state index contributed by atoms with van der Waals surface area (Å²) < 4.78 is 37.7. The van der Waals surface area contributed by atoms with E-state index in [1.165, 1.54) is 30.3 Å². The maximum absolute atomic E-state index is 12.6. The van der Waals surface area contributed by atoms with Crippen molar-refractivity contribution in [1.82, 2.24) is 0 Å². The van der Waals surface area contributed by atoms with E-state index in [0.717, 1.165) is 12.1 Å². The van der Waals surface area contributed by atoms with Crippen molar-refractivity contribution in [2.45, 2.75) is 6.18 Å². The van der Waals surface area contributed by atoms with Crippen LogP contribution in [0.4, 0.5) is 24.5 Å². The summed E-state index contributed by atoms with van der Waals surface area (Å²) in [6.45, 7) is 0. The number of nitrogens with zero attached hydrogens (tertiary/aromatic N) is 1. The first-order valence-corrected chi connectivity index (χ1v) is 5.59. The Kier molecular flexibility index (Phi) is 9.44. The molecule has 0 aliphatic carbocycles. The SMILES string of the molecule is O=C(O)c1ccccc1[N-]c1cccc(C(F)(F)F)c1.[NH2-].[NH2-].[Pt]. The molecule has 23 heavy (non-hydrogen) atoms. The molecule has 0 amide bonds. The number of carboxylic acid groups (broad SMARTS) is 1. The zero-order valence-electron chi connectivity index (χ0n) is 11.5. The van der Waals surface area contributed by atoms with E-state index < -0.39 is 17.7 Å². The van der Waals surface area contributed by atoms with Crippen molar-refractivity contribution in [3.63, 3.8) is 0 Å². The van der Waals surface area contributed by atoms with Crippen LogP contribution in [-0.4, -0.2) is 11.1 Å². The van der Waals surface area contributed by atoms with Crippen molar-refractivity contribution in [3.8, 4) is 0 Å². The first-order chi connectivity index (χ1) is 9.38. The second-order valence-corrected chi connectivity index (χ2v) is 3.98. The molecule has 0 spiro atoms. The molecule has 5 nitrogen and oxygen atoms in total. The number of aromatic carboxylic acids is 1. The fraction of sp³-hybridized carbons (Fsp3) is 0.0714. The Labute approximate surface area is 145 Å². The summed E-state index contributed by atoms with van der Waals surface area (Å²) in [7, 11) is 0. The Hall–Kier alpha value is -1.89. The van der Waals surface area contributed by atoms with Crippen LogP contribution in [0.15, 0.2) is 48.5 Å². The summed E-state index contributed by atoms with van der Waals surface area (Å²) in [6.07, 6.45) is -4.46. The van der Waals surface area contributed by atoms with Gasteiger partial charge in [-0.2, -0.15) is 13.2 Å². The van der Waals surface area contributed by atoms with Gasteiger partial charge in [-0.1, -0.05) is 42.5 Å². The van der Waals surface area contributed by atoms with Gasteiger partial charge < -0.3 is 22.7 Å². The zero-order valence-corrected chi connectivity index (χ0v) is 13.8. The van der Waals surface area contributed by atoms with Crippen LogP contribution in [-0.2, 0) is 27.2 Å². The van der Waals surface area contributed by atoms with Gasteiger partial charge in [0, 0.05) is 26.6 Å². The first kappa shape index (κ1) is 23.4. The first-order valence-electron chi connectivity index (χ1n) is 5.59. The number of hydrogen-bond donors (Lipinski definition) is 1. The average Bonchev–Trinajstić information content (AvgIpc) is 2.38. The summed E-state index contributed by atoms with van der Waals surface area (Å²) in [4.78, 5) is 11.0. The summed E-state index contributed by atoms with van der Waals surface area (Å²) >= 11 is 0. The van der Waals surface area contributed by atoms with Gasteiger partial charge >= 0.3 is 12.1 Å². The molecule has 5 N–H and O–H groups in total. The molecule has 0 fully saturated rings. The van der Waals surface area contributed by atoms with E-state index in [1.54, 1.807) is 6.07 Å². The molecule has 0 aliphatic heterocycles. The van der Waals surface area contributed by atoms with Crippen LogP contribution in [0, 0.1) is 0 Å². The molecule has 0 saturated heterocycles. The number of benzene rings is 2. The summed E-state index contributed by atoms with van der Waals surface area (Å²) in [6, 6.07) is 10.3.